The minimum atomic E-state index is -2.65. The van der Waals surface area contributed by atoms with Crippen molar-refractivity contribution in [3.63, 3.8) is 0 Å². The van der Waals surface area contributed by atoms with E-state index in [0.717, 1.165) is 4.90 Å². The van der Waals surface area contributed by atoms with Crippen molar-refractivity contribution in [3.8, 4) is 0 Å². The van der Waals surface area contributed by atoms with Crippen molar-refractivity contribution in [2.45, 2.75) is 25.4 Å². The molecular formula is C10H12FN3O5. The third-order valence-corrected chi connectivity index (χ3v) is 3.06. The van der Waals surface area contributed by atoms with Crippen molar-refractivity contribution >= 4 is 17.9 Å². The zero-order chi connectivity index (χ0) is 14.3. The average Bonchev–Trinajstić information content (AvgIpc) is 2.60. The van der Waals surface area contributed by atoms with Crippen molar-refractivity contribution < 1.29 is 28.7 Å². The van der Waals surface area contributed by atoms with E-state index in [1.165, 1.54) is 6.08 Å². The highest BCUT2D eigenvalue weighted by molar-refractivity contribution is 5.90. The number of hydrogen-bond donors (Lipinski definition) is 2. The molecule has 2 bridgehead atoms. The number of hydrogen-bond acceptors (Lipinski definition) is 4. The van der Waals surface area contributed by atoms with Crippen LogP contribution < -0.4 is 5.73 Å². The number of amides is 3. The van der Waals surface area contributed by atoms with E-state index in [0.29, 0.717) is 10.6 Å². The number of aliphatic carboxylic acids is 1. The molecule has 8 nitrogen and oxygen atoms in total. The Morgan fingerprint density at radius 3 is 2.79 bits per heavy atom. The molecule has 3 N–H and O–H groups in total. The van der Waals surface area contributed by atoms with Crippen LogP contribution in [-0.2, 0) is 14.4 Å². The summed E-state index contributed by atoms with van der Waals surface area (Å²) in [7, 11) is 0. The maximum atomic E-state index is 13.0. The number of urea groups is 1. The van der Waals surface area contributed by atoms with Gasteiger partial charge in [-0.25, -0.2) is 18.8 Å². The molecule has 0 spiro atoms. The van der Waals surface area contributed by atoms with E-state index in [4.69, 9.17) is 10.8 Å². The molecule has 0 unspecified atom stereocenters. The Hall–Kier alpha value is -2.16. The van der Waals surface area contributed by atoms with E-state index < -0.39 is 36.3 Å². The number of alkyl halides is 1. The van der Waals surface area contributed by atoms with Gasteiger partial charge >= 0.3 is 18.4 Å². The summed E-state index contributed by atoms with van der Waals surface area (Å²) in [5, 5.41) is 9.07. The summed E-state index contributed by atoms with van der Waals surface area (Å²) in [6, 6.07) is -2.34. The smallest absolute Gasteiger partial charge is 0.368 e. The molecule has 104 valence electrons. The van der Waals surface area contributed by atoms with E-state index in [9.17, 15) is 18.8 Å². The number of carboxylic acids is 1. The monoisotopic (exact) mass is 273 g/mol. The molecule has 1 saturated heterocycles. The standard InChI is InChI=1S/C10H12FN3O5/c1-4-2-5(8(12)15)13-3-6(4)14(10(13)18)19-7(11)9(16)17/h2,5-7H,3H2,1H3,(H2,12,15)(H,16,17)/t5-,6+,7-/m0/s1. The van der Waals surface area contributed by atoms with Crippen LogP contribution in [0.1, 0.15) is 6.92 Å². The van der Waals surface area contributed by atoms with Crippen LogP contribution in [0.3, 0.4) is 0 Å². The summed E-state index contributed by atoms with van der Waals surface area (Å²) in [6.07, 6.45) is -1.17. The zero-order valence-electron chi connectivity index (χ0n) is 9.95. The first kappa shape index (κ1) is 13.3. The Labute approximate surface area is 107 Å². The molecule has 0 aliphatic carbocycles. The van der Waals surface area contributed by atoms with Crippen molar-refractivity contribution in [2.75, 3.05) is 6.54 Å². The van der Waals surface area contributed by atoms with Crippen LogP contribution in [0, 0.1) is 0 Å². The van der Waals surface area contributed by atoms with E-state index in [1.54, 1.807) is 6.92 Å². The number of carboxylic acid groups (broad SMARTS) is 1. The molecule has 0 aromatic heterocycles. The Bertz CT molecular complexity index is 480. The fourth-order valence-electron chi connectivity index (χ4n) is 2.11. The van der Waals surface area contributed by atoms with Gasteiger partial charge in [0.1, 0.15) is 12.1 Å². The number of carbonyl (C=O) groups is 3. The Kier molecular flexibility index (Phi) is 3.14. The predicted octanol–water partition coefficient (Wildman–Crippen LogP) is -0.782. The molecule has 2 aliphatic heterocycles. The van der Waals surface area contributed by atoms with Crippen molar-refractivity contribution in [1.29, 1.82) is 0 Å². The summed E-state index contributed by atoms with van der Waals surface area (Å²) in [6.45, 7) is 1.72. The van der Waals surface area contributed by atoms with Gasteiger partial charge in [-0.3, -0.25) is 4.79 Å². The molecule has 0 aromatic carbocycles. The Morgan fingerprint density at radius 1 is 1.63 bits per heavy atom. The van der Waals surface area contributed by atoms with Crippen LogP contribution in [-0.4, -0.2) is 58.0 Å². The Morgan fingerprint density at radius 2 is 2.26 bits per heavy atom. The molecular weight excluding hydrogens is 261 g/mol. The number of rotatable bonds is 4. The molecule has 0 aromatic rings. The molecule has 3 atom stereocenters. The van der Waals surface area contributed by atoms with Crippen LogP contribution in [0.25, 0.3) is 0 Å². The minimum absolute atomic E-state index is 0.0983. The predicted molar refractivity (Wildman–Crippen MR) is 58.1 cm³/mol. The lowest BCUT2D eigenvalue weighted by atomic mass is 10.0. The number of nitrogens with two attached hydrogens (primary N) is 1. The van der Waals surface area contributed by atoms with Crippen LogP contribution >= 0.6 is 0 Å². The van der Waals surface area contributed by atoms with Gasteiger partial charge < -0.3 is 15.7 Å². The van der Waals surface area contributed by atoms with Crippen molar-refractivity contribution in [3.05, 3.63) is 11.6 Å². The fraction of sp³-hybridized carbons (Fsp3) is 0.500. The van der Waals surface area contributed by atoms with Gasteiger partial charge in [-0.05, 0) is 12.5 Å². The summed E-state index contributed by atoms with van der Waals surface area (Å²) in [5.74, 6) is -2.56. The van der Waals surface area contributed by atoms with Crippen LogP contribution in [0.2, 0.25) is 0 Å². The summed E-state index contributed by atoms with van der Waals surface area (Å²) < 4.78 is 13.0. The van der Waals surface area contributed by atoms with Gasteiger partial charge in [0.15, 0.2) is 0 Å². The molecule has 0 radical (unpaired) electrons. The van der Waals surface area contributed by atoms with E-state index in [1.807, 2.05) is 0 Å². The van der Waals surface area contributed by atoms with E-state index in [2.05, 4.69) is 4.84 Å². The van der Waals surface area contributed by atoms with E-state index in [-0.39, 0.29) is 6.54 Å². The first-order valence-electron chi connectivity index (χ1n) is 5.44. The van der Waals surface area contributed by atoms with Gasteiger partial charge in [0.05, 0.1) is 6.54 Å². The molecule has 2 rings (SSSR count). The number of primary amides is 1. The molecule has 3 amide bonds. The lowest BCUT2D eigenvalue weighted by Gasteiger charge is -2.26. The maximum absolute atomic E-state index is 13.0. The van der Waals surface area contributed by atoms with Crippen LogP contribution in [0.4, 0.5) is 9.18 Å². The van der Waals surface area contributed by atoms with E-state index >= 15 is 0 Å². The highest BCUT2D eigenvalue weighted by Gasteiger charge is 2.48. The van der Waals surface area contributed by atoms with Crippen molar-refractivity contribution in [1.82, 2.24) is 9.96 Å². The normalized spacial score (nSPS) is 27.3. The zero-order valence-corrected chi connectivity index (χ0v) is 9.95. The van der Waals surface area contributed by atoms with Gasteiger partial charge in [0, 0.05) is 0 Å². The highest BCUT2D eigenvalue weighted by atomic mass is 19.1. The number of nitrogens with zero attached hydrogens (tertiary/aromatic N) is 2. The number of carbonyl (C=O) groups excluding carboxylic acids is 2. The second-order valence-electron chi connectivity index (χ2n) is 4.29. The summed E-state index contributed by atoms with van der Waals surface area (Å²) >= 11 is 0. The van der Waals surface area contributed by atoms with Gasteiger partial charge in [0.2, 0.25) is 5.91 Å². The summed E-state index contributed by atoms with van der Waals surface area (Å²) in [4.78, 5) is 39.1. The number of fused-ring (bicyclic) bond motifs is 2. The van der Waals surface area contributed by atoms with Gasteiger partial charge in [-0.1, -0.05) is 6.08 Å². The number of halogens is 1. The molecule has 2 aliphatic rings. The fourth-order valence-corrected chi connectivity index (χ4v) is 2.11. The second-order valence-corrected chi connectivity index (χ2v) is 4.29. The quantitative estimate of drug-likeness (QED) is 0.652. The first-order chi connectivity index (χ1) is 8.82. The third-order valence-electron chi connectivity index (χ3n) is 3.06. The van der Waals surface area contributed by atoms with Gasteiger partial charge in [-0.2, -0.15) is 5.06 Å². The summed E-state index contributed by atoms with van der Waals surface area (Å²) in [5.41, 5.74) is 5.75. The topological polar surface area (TPSA) is 113 Å². The molecule has 19 heavy (non-hydrogen) atoms. The molecule has 1 fully saturated rings. The SMILES string of the molecule is CC1=C[C@@H](C(N)=O)N2C[C@H]1N(O[C@H](F)C(=O)O)C2=O. The number of hydroxylamine groups is 2. The third kappa shape index (κ3) is 2.12. The van der Waals surface area contributed by atoms with Crippen LogP contribution in [0.5, 0.6) is 0 Å². The first-order valence-corrected chi connectivity index (χ1v) is 5.44. The highest BCUT2D eigenvalue weighted by Crippen LogP contribution is 2.30. The molecule has 2 heterocycles. The van der Waals surface area contributed by atoms with Crippen molar-refractivity contribution in [2.24, 2.45) is 5.73 Å². The minimum Gasteiger partial charge on any atom is -0.477 e. The molecule has 9 heteroatoms. The van der Waals surface area contributed by atoms with Gasteiger partial charge in [-0.15, -0.1) is 0 Å². The maximum Gasteiger partial charge on any atom is 0.368 e. The Balaban J connectivity index is 2.23. The van der Waals surface area contributed by atoms with Gasteiger partial charge in [0.25, 0.3) is 0 Å². The molecule has 0 saturated carbocycles. The average molecular weight is 273 g/mol. The lowest BCUT2D eigenvalue weighted by molar-refractivity contribution is -0.220. The lowest BCUT2D eigenvalue weighted by Crippen LogP contribution is -2.46. The van der Waals surface area contributed by atoms with Crippen LogP contribution in [0.15, 0.2) is 11.6 Å². The largest absolute Gasteiger partial charge is 0.477 e. The second kappa shape index (κ2) is 4.50.